The lowest BCUT2D eigenvalue weighted by molar-refractivity contribution is -0.274. The number of halogens is 3. The summed E-state index contributed by atoms with van der Waals surface area (Å²) >= 11 is 0. The molecule has 0 aliphatic carbocycles. The van der Waals surface area contributed by atoms with Crippen molar-refractivity contribution < 1.29 is 22.7 Å². The minimum absolute atomic E-state index is 0.346. The summed E-state index contributed by atoms with van der Waals surface area (Å²) in [6, 6.07) is 6.50. The number of carbonyl (C=O) groups is 1. The third-order valence-electron chi connectivity index (χ3n) is 2.73. The third kappa shape index (κ3) is 4.24. The van der Waals surface area contributed by atoms with Gasteiger partial charge in [0.15, 0.2) is 0 Å². The summed E-state index contributed by atoms with van der Waals surface area (Å²) in [6.45, 7) is 2.57. The number of rotatable bonds is 5. The molecule has 1 amide bonds. The average Bonchev–Trinajstić information content (AvgIpc) is 2.88. The van der Waals surface area contributed by atoms with Crippen LogP contribution in [0.25, 0.3) is 0 Å². The van der Waals surface area contributed by atoms with Crippen LogP contribution in [0, 0.1) is 0 Å². The number of amides is 1. The molecule has 1 heterocycles. The summed E-state index contributed by atoms with van der Waals surface area (Å²) in [5.41, 5.74) is 0.751. The van der Waals surface area contributed by atoms with Crippen LogP contribution in [-0.4, -0.2) is 22.1 Å². The smallest absolute Gasteiger partial charge is 0.406 e. The maximum atomic E-state index is 12.1. The number of ether oxygens (including phenoxy) is 1. The van der Waals surface area contributed by atoms with E-state index in [1.807, 2.05) is 6.92 Å². The molecule has 0 atom stereocenters. The molecule has 1 aromatic carbocycles. The Hall–Kier alpha value is -2.51. The summed E-state index contributed by atoms with van der Waals surface area (Å²) in [5.74, 6) is -0.725. The van der Waals surface area contributed by atoms with E-state index in [0.29, 0.717) is 17.9 Å². The summed E-state index contributed by atoms with van der Waals surface area (Å²) in [5, 5.41) is 6.63. The zero-order chi connectivity index (χ0) is 16.2. The molecule has 0 saturated heterocycles. The second kappa shape index (κ2) is 6.50. The van der Waals surface area contributed by atoms with Crippen molar-refractivity contribution in [1.82, 2.24) is 9.78 Å². The number of aromatic nitrogens is 2. The molecule has 0 spiro atoms. The fraction of sp³-hybridized carbons (Fsp3) is 0.286. The molecule has 1 N–H and O–H groups in total. The first kappa shape index (κ1) is 15.9. The van der Waals surface area contributed by atoms with Gasteiger partial charge in [-0.05, 0) is 36.8 Å². The van der Waals surface area contributed by atoms with Crippen molar-refractivity contribution in [3.8, 4) is 5.75 Å². The van der Waals surface area contributed by atoms with E-state index in [1.54, 1.807) is 10.7 Å². The molecule has 2 aromatic rings. The topological polar surface area (TPSA) is 56.2 Å². The first-order valence-corrected chi connectivity index (χ1v) is 6.58. The number of hydrogen-bond donors (Lipinski definition) is 1. The summed E-state index contributed by atoms with van der Waals surface area (Å²) in [7, 11) is 0. The number of nitrogens with zero attached hydrogens (tertiary/aromatic N) is 2. The number of carbonyl (C=O) groups excluding carboxylic acids is 1. The van der Waals surface area contributed by atoms with E-state index in [2.05, 4.69) is 15.2 Å². The lowest BCUT2D eigenvalue weighted by Gasteiger charge is -2.10. The van der Waals surface area contributed by atoms with Crippen LogP contribution in [0.2, 0.25) is 0 Å². The Bertz CT molecular complexity index is 636. The molecule has 5 nitrogen and oxygen atoms in total. The maximum absolute atomic E-state index is 12.1. The second-order valence-corrected chi connectivity index (χ2v) is 4.47. The Kier molecular flexibility index (Phi) is 4.69. The zero-order valence-electron chi connectivity index (χ0n) is 11.7. The quantitative estimate of drug-likeness (QED) is 0.920. The fourth-order valence-corrected chi connectivity index (χ4v) is 1.85. The van der Waals surface area contributed by atoms with Gasteiger partial charge in [0.05, 0.1) is 0 Å². The Labute approximate surface area is 124 Å². The SMILES string of the molecule is CCCn1nccc1C(=O)Nc1ccc(OC(F)(F)F)cc1. The standard InChI is InChI=1S/C14H14F3N3O2/c1-2-9-20-12(7-8-18-20)13(21)19-10-3-5-11(6-4-10)22-14(15,16)17/h3-8H,2,9H2,1H3,(H,19,21). The summed E-state index contributed by atoms with van der Waals surface area (Å²) in [6.07, 6.45) is -2.40. The van der Waals surface area contributed by atoms with Crippen LogP contribution in [0.1, 0.15) is 23.8 Å². The molecule has 2 rings (SSSR count). The number of nitrogens with one attached hydrogen (secondary N) is 1. The Morgan fingerprint density at radius 2 is 1.95 bits per heavy atom. The van der Waals surface area contributed by atoms with Crippen LogP contribution in [0.5, 0.6) is 5.75 Å². The largest absolute Gasteiger partial charge is 0.573 e. The molecule has 8 heteroatoms. The highest BCUT2D eigenvalue weighted by Crippen LogP contribution is 2.24. The lowest BCUT2D eigenvalue weighted by Crippen LogP contribution is -2.18. The molecule has 0 fully saturated rings. The van der Waals surface area contributed by atoms with E-state index >= 15 is 0 Å². The van der Waals surface area contributed by atoms with Crippen LogP contribution < -0.4 is 10.1 Å². The third-order valence-corrected chi connectivity index (χ3v) is 2.73. The highest BCUT2D eigenvalue weighted by Gasteiger charge is 2.30. The van der Waals surface area contributed by atoms with Crippen molar-refractivity contribution in [1.29, 1.82) is 0 Å². The van der Waals surface area contributed by atoms with Crippen molar-refractivity contribution in [2.24, 2.45) is 0 Å². The van der Waals surface area contributed by atoms with Gasteiger partial charge in [-0.2, -0.15) is 5.10 Å². The van der Waals surface area contributed by atoms with Crippen LogP contribution in [0.15, 0.2) is 36.5 Å². The van der Waals surface area contributed by atoms with Gasteiger partial charge in [0.1, 0.15) is 11.4 Å². The van der Waals surface area contributed by atoms with Gasteiger partial charge >= 0.3 is 6.36 Å². The normalized spacial score (nSPS) is 11.3. The molecule has 0 unspecified atom stereocenters. The summed E-state index contributed by atoms with van der Waals surface area (Å²) < 4.78 is 41.5. The molecule has 0 radical (unpaired) electrons. The number of anilines is 1. The van der Waals surface area contributed by atoms with Gasteiger partial charge in [0.2, 0.25) is 0 Å². The van der Waals surface area contributed by atoms with Crippen LogP contribution >= 0.6 is 0 Å². The van der Waals surface area contributed by atoms with Crippen molar-refractivity contribution in [3.63, 3.8) is 0 Å². The van der Waals surface area contributed by atoms with Gasteiger partial charge in [-0.15, -0.1) is 13.2 Å². The Morgan fingerprint density at radius 3 is 2.55 bits per heavy atom. The highest BCUT2D eigenvalue weighted by atomic mass is 19.4. The Morgan fingerprint density at radius 1 is 1.27 bits per heavy atom. The van der Waals surface area contributed by atoms with Crippen molar-refractivity contribution in [2.75, 3.05) is 5.32 Å². The van der Waals surface area contributed by atoms with E-state index in [0.717, 1.165) is 18.6 Å². The number of aryl methyl sites for hydroxylation is 1. The van der Waals surface area contributed by atoms with E-state index < -0.39 is 6.36 Å². The van der Waals surface area contributed by atoms with Gasteiger partial charge < -0.3 is 10.1 Å². The van der Waals surface area contributed by atoms with Crippen LogP contribution in [-0.2, 0) is 6.54 Å². The van der Waals surface area contributed by atoms with Gasteiger partial charge in [0.25, 0.3) is 5.91 Å². The van der Waals surface area contributed by atoms with Crippen molar-refractivity contribution >= 4 is 11.6 Å². The molecule has 0 saturated carbocycles. The van der Waals surface area contributed by atoms with E-state index in [4.69, 9.17) is 0 Å². The van der Waals surface area contributed by atoms with Crippen LogP contribution in [0.3, 0.4) is 0 Å². The lowest BCUT2D eigenvalue weighted by atomic mass is 10.3. The van der Waals surface area contributed by atoms with Gasteiger partial charge in [-0.1, -0.05) is 6.92 Å². The molecular formula is C14H14F3N3O2. The molecule has 0 aliphatic rings. The predicted octanol–water partition coefficient (Wildman–Crippen LogP) is 3.44. The first-order chi connectivity index (χ1) is 10.4. The molecule has 118 valence electrons. The van der Waals surface area contributed by atoms with Crippen molar-refractivity contribution in [2.45, 2.75) is 26.3 Å². The molecular weight excluding hydrogens is 299 g/mol. The van der Waals surface area contributed by atoms with Gasteiger partial charge in [-0.3, -0.25) is 9.48 Å². The monoisotopic (exact) mass is 313 g/mol. The van der Waals surface area contributed by atoms with Crippen molar-refractivity contribution in [3.05, 3.63) is 42.2 Å². The summed E-state index contributed by atoms with van der Waals surface area (Å²) in [4.78, 5) is 12.1. The first-order valence-electron chi connectivity index (χ1n) is 6.58. The second-order valence-electron chi connectivity index (χ2n) is 4.47. The maximum Gasteiger partial charge on any atom is 0.573 e. The zero-order valence-corrected chi connectivity index (χ0v) is 11.7. The fourth-order valence-electron chi connectivity index (χ4n) is 1.85. The molecule has 1 aromatic heterocycles. The molecule has 22 heavy (non-hydrogen) atoms. The molecule has 0 aliphatic heterocycles. The van der Waals surface area contributed by atoms with Gasteiger partial charge in [0, 0.05) is 18.4 Å². The van der Waals surface area contributed by atoms with Gasteiger partial charge in [-0.25, -0.2) is 0 Å². The van der Waals surface area contributed by atoms with E-state index in [-0.39, 0.29) is 11.7 Å². The minimum Gasteiger partial charge on any atom is -0.406 e. The number of alkyl halides is 3. The van der Waals surface area contributed by atoms with Crippen LogP contribution in [0.4, 0.5) is 18.9 Å². The Balaban J connectivity index is 2.04. The predicted molar refractivity (Wildman–Crippen MR) is 73.6 cm³/mol. The average molecular weight is 313 g/mol. The van der Waals surface area contributed by atoms with E-state index in [9.17, 15) is 18.0 Å². The number of benzene rings is 1. The molecule has 0 bridgehead atoms. The minimum atomic E-state index is -4.74. The highest BCUT2D eigenvalue weighted by molar-refractivity contribution is 6.03. The number of hydrogen-bond acceptors (Lipinski definition) is 3. The van der Waals surface area contributed by atoms with E-state index in [1.165, 1.54) is 18.3 Å².